The quantitative estimate of drug-likeness (QED) is 0.654. The van der Waals surface area contributed by atoms with Crippen LogP contribution in [0.1, 0.15) is 70.2 Å². The van der Waals surface area contributed by atoms with Crippen molar-refractivity contribution in [2.24, 2.45) is 0 Å². The van der Waals surface area contributed by atoms with Crippen LogP contribution >= 0.6 is 0 Å². The van der Waals surface area contributed by atoms with E-state index in [0.29, 0.717) is 41.9 Å². The van der Waals surface area contributed by atoms with Crippen LogP contribution in [-0.2, 0) is 22.3 Å². The number of benzene rings is 2. The van der Waals surface area contributed by atoms with Crippen LogP contribution in [-0.4, -0.2) is 48.4 Å². The lowest BCUT2D eigenvalue weighted by atomic mass is 9.72. The molecule has 0 amide bonds. The first-order valence-electron chi connectivity index (χ1n) is 10.7. The van der Waals surface area contributed by atoms with Crippen LogP contribution in [0.15, 0.2) is 18.2 Å². The Balaban J connectivity index is 1.73. The van der Waals surface area contributed by atoms with Crippen molar-refractivity contribution >= 4 is 11.6 Å². The molecule has 1 spiro atoms. The van der Waals surface area contributed by atoms with Crippen molar-refractivity contribution in [1.29, 1.82) is 0 Å². The normalized spacial score (nSPS) is 25.3. The Morgan fingerprint density at radius 2 is 1.78 bits per heavy atom. The van der Waals surface area contributed by atoms with Gasteiger partial charge in [-0.1, -0.05) is 12.1 Å². The summed E-state index contributed by atoms with van der Waals surface area (Å²) in [5, 5.41) is 11.2. The Morgan fingerprint density at radius 1 is 1.03 bits per heavy atom. The van der Waals surface area contributed by atoms with E-state index in [9.17, 15) is 14.7 Å². The third-order valence-electron chi connectivity index (χ3n) is 6.94. The number of phenols is 1. The summed E-state index contributed by atoms with van der Waals surface area (Å²) in [5.74, 6) is -1.09. The molecular weight excluding hydrogens is 412 g/mol. The van der Waals surface area contributed by atoms with Gasteiger partial charge >= 0.3 is 0 Å². The minimum atomic E-state index is -0.734. The standard InChI is InChI=1S/C25H26O7/c1-12-25(32-24(2,3)31-12)10-9-13-15(11-25)23(30-5)19-18(20(13)26)22(28)17-14(21(19)27)7-6-8-16(17)29-4/h6-8,12,26H,9-11H2,1-5H3/t12-,25+/m0/s1. The maximum atomic E-state index is 13.6. The van der Waals surface area contributed by atoms with E-state index in [1.54, 1.807) is 18.2 Å². The van der Waals surface area contributed by atoms with Crippen LogP contribution in [0, 0.1) is 0 Å². The van der Waals surface area contributed by atoms with E-state index in [2.05, 4.69) is 0 Å². The zero-order valence-corrected chi connectivity index (χ0v) is 18.8. The first-order valence-corrected chi connectivity index (χ1v) is 10.7. The van der Waals surface area contributed by atoms with Gasteiger partial charge in [-0.15, -0.1) is 0 Å². The zero-order chi connectivity index (χ0) is 23.0. The van der Waals surface area contributed by atoms with Gasteiger partial charge in [0.2, 0.25) is 5.78 Å². The van der Waals surface area contributed by atoms with E-state index >= 15 is 0 Å². The maximum absolute atomic E-state index is 13.6. The molecule has 0 bridgehead atoms. The summed E-state index contributed by atoms with van der Waals surface area (Å²) in [6.07, 6.45) is 1.30. The van der Waals surface area contributed by atoms with Gasteiger partial charge in [0.1, 0.15) is 22.8 Å². The number of rotatable bonds is 2. The number of hydrogen-bond acceptors (Lipinski definition) is 7. The molecule has 2 atom stereocenters. The van der Waals surface area contributed by atoms with Gasteiger partial charge in [0.25, 0.3) is 0 Å². The number of hydrogen-bond donors (Lipinski definition) is 1. The maximum Gasteiger partial charge on any atom is 0.202 e. The molecule has 0 saturated carbocycles. The van der Waals surface area contributed by atoms with E-state index in [1.165, 1.54) is 14.2 Å². The minimum absolute atomic E-state index is 0.0180. The highest BCUT2D eigenvalue weighted by atomic mass is 16.8. The number of fused-ring (bicyclic) bond motifs is 3. The van der Waals surface area contributed by atoms with Crippen LogP contribution < -0.4 is 9.47 Å². The summed E-state index contributed by atoms with van der Waals surface area (Å²) in [6.45, 7) is 5.73. The molecule has 1 saturated heterocycles. The van der Waals surface area contributed by atoms with E-state index in [4.69, 9.17) is 18.9 Å². The lowest BCUT2D eigenvalue weighted by Crippen LogP contribution is -2.44. The fourth-order valence-corrected chi connectivity index (χ4v) is 5.61. The first kappa shape index (κ1) is 21.0. The summed E-state index contributed by atoms with van der Waals surface area (Å²) < 4.78 is 23.4. The third kappa shape index (κ3) is 2.67. The fourth-order valence-electron chi connectivity index (χ4n) is 5.61. The summed E-state index contributed by atoms with van der Waals surface area (Å²) in [6, 6.07) is 4.89. The summed E-state index contributed by atoms with van der Waals surface area (Å²) in [5.41, 5.74) is 1.18. The van der Waals surface area contributed by atoms with Gasteiger partial charge in [-0.25, -0.2) is 0 Å². The number of carbonyl (C=O) groups excluding carboxylic acids is 2. The van der Waals surface area contributed by atoms with Crippen molar-refractivity contribution in [2.45, 2.75) is 57.5 Å². The van der Waals surface area contributed by atoms with Crippen LogP contribution in [0.25, 0.3) is 0 Å². The largest absolute Gasteiger partial charge is 0.507 e. The predicted octanol–water partition coefficient (Wildman–Crippen LogP) is 3.58. The predicted molar refractivity (Wildman–Crippen MR) is 115 cm³/mol. The molecule has 1 fully saturated rings. The molecule has 1 N–H and O–H groups in total. The Morgan fingerprint density at radius 3 is 2.41 bits per heavy atom. The second-order valence-corrected chi connectivity index (χ2v) is 9.13. The second kappa shape index (κ2) is 6.80. The van der Waals surface area contributed by atoms with E-state index in [-0.39, 0.29) is 39.9 Å². The average Bonchev–Trinajstić information content (AvgIpc) is 2.98. The number of aromatic hydroxyl groups is 1. The molecule has 168 valence electrons. The van der Waals surface area contributed by atoms with Crippen molar-refractivity contribution in [1.82, 2.24) is 0 Å². The van der Waals surface area contributed by atoms with Crippen molar-refractivity contribution in [3.63, 3.8) is 0 Å². The fraction of sp³-hybridized carbons (Fsp3) is 0.440. The smallest absolute Gasteiger partial charge is 0.202 e. The van der Waals surface area contributed by atoms with Crippen LogP contribution in [0.4, 0.5) is 0 Å². The topological polar surface area (TPSA) is 91.3 Å². The number of ketones is 2. The molecule has 1 heterocycles. The Hall–Kier alpha value is -2.90. The lowest BCUT2D eigenvalue weighted by molar-refractivity contribution is -0.164. The highest BCUT2D eigenvalue weighted by Gasteiger charge is 2.54. The third-order valence-corrected chi connectivity index (χ3v) is 6.94. The minimum Gasteiger partial charge on any atom is -0.507 e. The SMILES string of the molecule is COc1cccc2c1C(=O)c1c(O)c3c(c(OC)c1C2=O)C[C@@]1(CC3)OC(C)(C)O[C@H]1C. The molecular formula is C25H26O7. The molecule has 1 aliphatic heterocycles. The van der Waals surface area contributed by atoms with Crippen molar-refractivity contribution in [3.05, 3.63) is 51.6 Å². The number of carbonyl (C=O) groups is 2. The van der Waals surface area contributed by atoms with Crippen molar-refractivity contribution in [3.8, 4) is 17.2 Å². The summed E-state index contributed by atoms with van der Waals surface area (Å²) >= 11 is 0. The molecule has 7 nitrogen and oxygen atoms in total. The van der Waals surface area contributed by atoms with Crippen LogP contribution in [0.5, 0.6) is 17.2 Å². The molecule has 3 aliphatic rings. The zero-order valence-electron chi connectivity index (χ0n) is 18.8. The molecule has 2 aliphatic carbocycles. The molecule has 7 heteroatoms. The van der Waals surface area contributed by atoms with E-state index in [1.807, 2.05) is 20.8 Å². The molecule has 0 aromatic heterocycles. The van der Waals surface area contributed by atoms with Crippen LogP contribution in [0.3, 0.4) is 0 Å². The molecule has 32 heavy (non-hydrogen) atoms. The summed E-state index contributed by atoms with van der Waals surface area (Å²) in [4.78, 5) is 27.1. The van der Waals surface area contributed by atoms with Gasteiger partial charge in [-0.3, -0.25) is 9.59 Å². The monoisotopic (exact) mass is 438 g/mol. The molecule has 0 radical (unpaired) electrons. The number of phenolic OH excluding ortho intramolecular Hbond substituents is 1. The highest BCUT2D eigenvalue weighted by molar-refractivity contribution is 6.31. The van der Waals surface area contributed by atoms with Gasteiger partial charge in [-0.2, -0.15) is 0 Å². The first-order chi connectivity index (χ1) is 15.1. The van der Waals surface area contributed by atoms with Gasteiger partial charge in [0, 0.05) is 23.1 Å². The lowest BCUT2D eigenvalue weighted by Gasteiger charge is -2.38. The second-order valence-electron chi connectivity index (χ2n) is 9.13. The Kier molecular flexibility index (Phi) is 4.45. The van der Waals surface area contributed by atoms with E-state index in [0.717, 1.165) is 0 Å². The highest BCUT2D eigenvalue weighted by Crippen LogP contribution is 2.52. The Labute approximate surface area is 186 Å². The average molecular weight is 438 g/mol. The molecule has 2 aromatic rings. The van der Waals surface area contributed by atoms with Gasteiger partial charge < -0.3 is 24.1 Å². The van der Waals surface area contributed by atoms with Gasteiger partial charge in [-0.05, 0) is 39.7 Å². The van der Waals surface area contributed by atoms with Crippen molar-refractivity contribution in [2.75, 3.05) is 14.2 Å². The van der Waals surface area contributed by atoms with Crippen molar-refractivity contribution < 1.29 is 33.6 Å². The molecule has 0 unspecified atom stereocenters. The number of methoxy groups -OCH3 is 2. The van der Waals surface area contributed by atoms with Gasteiger partial charge in [0.05, 0.1) is 37.0 Å². The molecule has 5 rings (SSSR count). The van der Waals surface area contributed by atoms with Crippen LogP contribution in [0.2, 0.25) is 0 Å². The Bertz CT molecular complexity index is 1180. The van der Waals surface area contributed by atoms with E-state index < -0.39 is 17.2 Å². The molecule has 2 aromatic carbocycles. The summed E-state index contributed by atoms with van der Waals surface area (Å²) in [7, 11) is 2.93. The number of ether oxygens (including phenoxy) is 4. The van der Waals surface area contributed by atoms with Gasteiger partial charge in [0.15, 0.2) is 11.6 Å².